The van der Waals surface area contributed by atoms with Gasteiger partial charge in [0.2, 0.25) is 5.91 Å². The topological polar surface area (TPSA) is 101 Å². The molecule has 3 amide bonds. The third kappa shape index (κ3) is 4.58. The minimum Gasteiger partial charge on any atom is -0.361 e. The van der Waals surface area contributed by atoms with Crippen LogP contribution >= 0.6 is 0 Å². The second-order valence-corrected chi connectivity index (χ2v) is 5.80. The van der Waals surface area contributed by atoms with Crippen LogP contribution in [0.25, 0.3) is 0 Å². The van der Waals surface area contributed by atoms with E-state index >= 15 is 0 Å². The standard InChI is InChI=1S/C17H22N4O3/c1-11-6-4-5-7-14(11)15(19-17(18)23)9-16(22)21(3)10-13-8-12(2)24-20-13/h4-8,15H,9-10H2,1-3H3,(H3,18,19,23)/t15-/m0/s1. The lowest BCUT2D eigenvalue weighted by atomic mass is 9.98. The molecule has 2 aromatic rings. The summed E-state index contributed by atoms with van der Waals surface area (Å²) in [6.07, 6.45) is 0.112. The molecule has 0 aliphatic rings. The van der Waals surface area contributed by atoms with Crippen LogP contribution in [-0.4, -0.2) is 29.0 Å². The number of nitrogens with two attached hydrogens (primary N) is 1. The Morgan fingerprint density at radius 3 is 2.62 bits per heavy atom. The molecule has 1 aromatic carbocycles. The van der Waals surface area contributed by atoms with Crippen LogP contribution in [0.1, 0.15) is 35.0 Å². The minimum absolute atomic E-state index is 0.112. The first-order chi connectivity index (χ1) is 11.4. The number of carbonyl (C=O) groups excluding carboxylic acids is 2. The number of carbonyl (C=O) groups is 2. The number of amides is 3. The van der Waals surface area contributed by atoms with E-state index in [2.05, 4.69) is 10.5 Å². The van der Waals surface area contributed by atoms with Crippen LogP contribution in [0, 0.1) is 13.8 Å². The summed E-state index contributed by atoms with van der Waals surface area (Å²) in [6.45, 7) is 4.06. The number of hydrogen-bond acceptors (Lipinski definition) is 4. The average molecular weight is 330 g/mol. The number of aryl methyl sites for hydroxylation is 2. The van der Waals surface area contributed by atoms with Gasteiger partial charge in [0.25, 0.3) is 0 Å². The molecule has 2 rings (SSSR count). The summed E-state index contributed by atoms with van der Waals surface area (Å²) in [6, 6.07) is 8.22. The van der Waals surface area contributed by atoms with E-state index in [4.69, 9.17) is 10.3 Å². The predicted molar refractivity (Wildman–Crippen MR) is 89.0 cm³/mol. The van der Waals surface area contributed by atoms with Crippen molar-refractivity contribution in [1.82, 2.24) is 15.4 Å². The van der Waals surface area contributed by atoms with E-state index in [1.165, 1.54) is 0 Å². The molecule has 0 aliphatic carbocycles. The number of hydrogen-bond donors (Lipinski definition) is 2. The molecule has 7 nitrogen and oxygen atoms in total. The SMILES string of the molecule is Cc1cc(CN(C)C(=O)C[C@H](NC(N)=O)c2ccccc2C)no1. The monoisotopic (exact) mass is 330 g/mol. The normalized spacial score (nSPS) is 11.8. The first kappa shape index (κ1) is 17.5. The maximum absolute atomic E-state index is 12.5. The lowest BCUT2D eigenvalue weighted by Crippen LogP contribution is -2.37. The van der Waals surface area contributed by atoms with Crippen LogP contribution in [-0.2, 0) is 11.3 Å². The fourth-order valence-corrected chi connectivity index (χ4v) is 2.54. The Bertz CT molecular complexity index is 726. The number of nitrogens with zero attached hydrogens (tertiary/aromatic N) is 2. The molecule has 0 saturated carbocycles. The van der Waals surface area contributed by atoms with Gasteiger partial charge in [-0.05, 0) is 25.0 Å². The van der Waals surface area contributed by atoms with Crippen molar-refractivity contribution in [2.45, 2.75) is 32.9 Å². The van der Waals surface area contributed by atoms with Gasteiger partial charge >= 0.3 is 6.03 Å². The van der Waals surface area contributed by atoms with Crippen molar-refractivity contribution in [1.29, 1.82) is 0 Å². The van der Waals surface area contributed by atoms with E-state index in [1.54, 1.807) is 24.9 Å². The highest BCUT2D eigenvalue weighted by Gasteiger charge is 2.21. The summed E-state index contributed by atoms with van der Waals surface area (Å²) in [7, 11) is 1.69. The van der Waals surface area contributed by atoms with Gasteiger partial charge in [-0.1, -0.05) is 29.4 Å². The smallest absolute Gasteiger partial charge is 0.312 e. The van der Waals surface area contributed by atoms with Crippen LogP contribution in [0.4, 0.5) is 4.79 Å². The zero-order valence-corrected chi connectivity index (χ0v) is 14.1. The third-order valence-electron chi connectivity index (χ3n) is 3.76. The van der Waals surface area contributed by atoms with Gasteiger partial charge in [-0.25, -0.2) is 4.79 Å². The van der Waals surface area contributed by atoms with Crippen molar-refractivity contribution < 1.29 is 14.1 Å². The molecular weight excluding hydrogens is 308 g/mol. The van der Waals surface area contributed by atoms with Gasteiger partial charge in [0, 0.05) is 13.1 Å². The largest absolute Gasteiger partial charge is 0.361 e. The van der Waals surface area contributed by atoms with Crippen LogP contribution in [0.3, 0.4) is 0 Å². The Kier molecular flexibility index (Phi) is 5.57. The van der Waals surface area contributed by atoms with Crippen molar-refractivity contribution in [3.05, 3.63) is 52.9 Å². The molecule has 0 fully saturated rings. The number of primary amides is 1. The van der Waals surface area contributed by atoms with E-state index < -0.39 is 12.1 Å². The van der Waals surface area contributed by atoms with Crippen molar-refractivity contribution in [2.24, 2.45) is 5.73 Å². The van der Waals surface area contributed by atoms with Gasteiger partial charge in [-0.15, -0.1) is 0 Å². The lowest BCUT2D eigenvalue weighted by molar-refractivity contribution is -0.131. The molecule has 0 aliphatic heterocycles. The second-order valence-electron chi connectivity index (χ2n) is 5.80. The van der Waals surface area contributed by atoms with E-state index in [1.807, 2.05) is 31.2 Å². The van der Waals surface area contributed by atoms with Crippen molar-refractivity contribution in [3.8, 4) is 0 Å². The first-order valence-corrected chi connectivity index (χ1v) is 7.64. The van der Waals surface area contributed by atoms with Crippen molar-refractivity contribution >= 4 is 11.9 Å². The summed E-state index contributed by atoms with van der Waals surface area (Å²) in [5.74, 6) is 0.566. The summed E-state index contributed by atoms with van der Waals surface area (Å²) in [5, 5.41) is 6.53. The number of rotatable bonds is 6. The Morgan fingerprint density at radius 1 is 1.33 bits per heavy atom. The molecule has 1 atom stereocenters. The number of urea groups is 1. The van der Waals surface area contributed by atoms with Gasteiger partial charge in [0.1, 0.15) is 11.5 Å². The maximum atomic E-state index is 12.5. The molecule has 7 heteroatoms. The quantitative estimate of drug-likeness (QED) is 0.846. The molecule has 0 unspecified atom stereocenters. The van der Waals surface area contributed by atoms with Crippen molar-refractivity contribution in [3.63, 3.8) is 0 Å². The Hall–Kier alpha value is -2.83. The highest BCUT2D eigenvalue weighted by atomic mass is 16.5. The molecular formula is C17H22N4O3. The molecule has 1 aromatic heterocycles. The van der Waals surface area contributed by atoms with Crippen LogP contribution in [0.5, 0.6) is 0 Å². The summed E-state index contributed by atoms with van der Waals surface area (Å²) in [5.41, 5.74) is 7.80. The molecule has 128 valence electrons. The van der Waals surface area contributed by atoms with Crippen LogP contribution in [0.2, 0.25) is 0 Å². The fraction of sp³-hybridized carbons (Fsp3) is 0.353. The van der Waals surface area contributed by atoms with Crippen LogP contribution in [0.15, 0.2) is 34.9 Å². The Balaban J connectivity index is 2.09. The summed E-state index contributed by atoms with van der Waals surface area (Å²) >= 11 is 0. The molecule has 0 saturated heterocycles. The Labute approximate surface area is 140 Å². The number of benzene rings is 1. The number of nitrogens with one attached hydrogen (secondary N) is 1. The van der Waals surface area contributed by atoms with Gasteiger partial charge in [-0.2, -0.15) is 0 Å². The van der Waals surface area contributed by atoms with Gasteiger partial charge < -0.3 is 20.5 Å². The molecule has 0 spiro atoms. The Morgan fingerprint density at radius 2 is 2.04 bits per heavy atom. The second kappa shape index (κ2) is 7.63. The molecule has 3 N–H and O–H groups in total. The van der Waals surface area contributed by atoms with Crippen LogP contribution < -0.4 is 11.1 Å². The number of aromatic nitrogens is 1. The minimum atomic E-state index is -0.661. The van der Waals surface area contributed by atoms with E-state index in [-0.39, 0.29) is 12.3 Å². The van der Waals surface area contributed by atoms with Gasteiger partial charge in [0.15, 0.2) is 0 Å². The van der Waals surface area contributed by atoms with E-state index in [0.29, 0.717) is 18.0 Å². The highest BCUT2D eigenvalue weighted by Crippen LogP contribution is 2.21. The first-order valence-electron chi connectivity index (χ1n) is 7.64. The summed E-state index contributed by atoms with van der Waals surface area (Å²) < 4.78 is 5.00. The maximum Gasteiger partial charge on any atom is 0.312 e. The molecule has 24 heavy (non-hydrogen) atoms. The zero-order chi connectivity index (χ0) is 17.7. The van der Waals surface area contributed by atoms with Crippen molar-refractivity contribution in [2.75, 3.05) is 7.05 Å². The fourth-order valence-electron chi connectivity index (χ4n) is 2.54. The highest BCUT2D eigenvalue weighted by molar-refractivity contribution is 5.78. The average Bonchev–Trinajstić information content (AvgIpc) is 2.91. The predicted octanol–water partition coefficient (Wildman–Crippen LogP) is 2.05. The lowest BCUT2D eigenvalue weighted by Gasteiger charge is -2.23. The summed E-state index contributed by atoms with van der Waals surface area (Å²) in [4.78, 5) is 25.4. The molecule has 1 heterocycles. The van der Waals surface area contributed by atoms with Gasteiger partial charge in [0.05, 0.1) is 19.0 Å². The van der Waals surface area contributed by atoms with E-state index in [9.17, 15) is 9.59 Å². The van der Waals surface area contributed by atoms with Gasteiger partial charge in [-0.3, -0.25) is 4.79 Å². The third-order valence-corrected chi connectivity index (χ3v) is 3.76. The van der Waals surface area contributed by atoms with E-state index in [0.717, 1.165) is 11.1 Å². The zero-order valence-electron chi connectivity index (χ0n) is 14.1. The molecule has 0 radical (unpaired) electrons. The molecule has 0 bridgehead atoms.